The second kappa shape index (κ2) is 9.02. The first-order chi connectivity index (χ1) is 9.36. The lowest BCUT2D eigenvalue weighted by atomic mass is 10.2. The predicted molar refractivity (Wildman–Crippen MR) is 81.2 cm³/mol. The highest BCUT2D eigenvalue weighted by Gasteiger charge is 2.13. The molecule has 0 saturated heterocycles. The summed E-state index contributed by atoms with van der Waals surface area (Å²) in [6.45, 7) is 6.82. The van der Waals surface area contributed by atoms with Crippen molar-refractivity contribution in [3.8, 4) is 0 Å². The fourth-order valence-corrected chi connectivity index (χ4v) is 2.66. The number of rotatable bonds is 8. The maximum absolute atomic E-state index is 2.43. The summed E-state index contributed by atoms with van der Waals surface area (Å²) in [5, 5.41) is 0. The second-order valence-electron chi connectivity index (χ2n) is 5.41. The lowest BCUT2D eigenvalue weighted by Crippen LogP contribution is -3.00. The maximum atomic E-state index is 2.43. The summed E-state index contributed by atoms with van der Waals surface area (Å²) in [5.41, 5.74) is 2.77. The Balaban J connectivity index is 0.00000200. The lowest BCUT2D eigenvalue weighted by Gasteiger charge is -1.96. The first-order valence-corrected chi connectivity index (χ1v) is 7.84. The van der Waals surface area contributed by atoms with E-state index in [2.05, 4.69) is 53.6 Å². The third kappa shape index (κ3) is 4.24. The Morgan fingerprint density at radius 2 is 1.65 bits per heavy atom. The van der Waals surface area contributed by atoms with Crippen LogP contribution < -0.4 is 17.0 Å². The highest BCUT2D eigenvalue weighted by atomic mass is 35.5. The quantitative estimate of drug-likeness (QED) is 0.513. The van der Waals surface area contributed by atoms with Crippen LogP contribution >= 0.6 is 0 Å². The van der Waals surface area contributed by atoms with Crippen LogP contribution in [-0.2, 0) is 13.1 Å². The fraction of sp³-hybridized carbons (Fsp3) is 0.588. The topological polar surface area (TPSA) is 8.81 Å². The molecule has 0 spiro atoms. The predicted octanol–water partition coefficient (Wildman–Crippen LogP) is 1.31. The molecule has 0 aliphatic carbocycles. The second-order valence-corrected chi connectivity index (χ2v) is 5.41. The number of aromatic nitrogens is 2. The van der Waals surface area contributed by atoms with E-state index < -0.39 is 0 Å². The van der Waals surface area contributed by atoms with Gasteiger partial charge in [-0.15, -0.1) is 0 Å². The van der Waals surface area contributed by atoms with Crippen molar-refractivity contribution in [2.24, 2.45) is 0 Å². The smallest absolute Gasteiger partial charge is 0.244 e. The van der Waals surface area contributed by atoms with Crippen molar-refractivity contribution in [2.75, 3.05) is 0 Å². The number of imidazole rings is 1. The molecular formula is C17H27ClN2. The van der Waals surface area contributed by atoms with Crippen LogP contribution in [0.1, 0.15) is 52.4 Å². The van der Waals surface area contributed by atoms with Crippen LogP contribution in [0.4, 0.5) is 0 Å². The van der Waals surface area contributed by atoms with Crippen LogP contribution in [0.25, 0.3) is 11.0 Å². The first-order valence-electron chi connectivity index (χ1n) is 7.84. The third-order valence-electron chi connectivity index (χ3n) is 3.78. The van der Waals surface area contributed by atoms with Gasteiger partial charge >= 0.3 is 0 Å². The van der Waals surface area contributed by atoms with E-state index >= 15 is 0 Å². The van der Waals surface area contributed by atoms with Gasteiger partial charge in [-0.2, -0.15) is 0 Å². The van der Waals surface area contributed by atoms with Gasteiger partial charge in [0.05, 0.1) is 13.1 Å². The molecule has 0 atom stereocenters. The van der Waals surface area contributed by atoms with Gasteiger partial charge < -0.3 is 12.4 Å². The van der Waals surface area contributed by atoms with Crippen molar-refractivity contribution in [1.29, 1.82) is 0 Å². The molecule has 0 saturated carbocycles. The monoisotopic (exact) mass is 294 g/mol. The minimum atomic E-state index is 0. The summed E-state index contributed by atoms with van der Waals surface area (Å²) in [4.78, 5) is 0. The van der Waals surface area contributed by atoms with Crippen molar-refractivity contribution in [3.63, 3.8) is 0 Å². The molecule has 0 radical (unpaired) electrons. The number of nitrogens with zero attached hydrogens (tertiary/aromatic N) is 2. The molecule has 0 aliphatic rings. The van der Waals surface area contributed by atoms with Gasteiger partial charge in [0.1, 0.15) is 0 Å². The fourth-order valence-electron chi connectivity index (χ4n) is 2.66. The number of fused-ring (bicyclic) bond motifs is 1. The van der Waals surface area contributed by atoms with Gasteiger partial charge in [0, 0.05) is 0 Å². The van der Waals surface area contributed by atoms with E-state index in [0.717, 1.165) is 13.1 Å². The van der Waals surface area contributed by atoms with Crippen LogP contribution in [0.2, 0.25) is 0 Å². The van der Waals surface area contributed by atoms with Gasteiger partial charge in [0.25, 0.3) is 0 Å². The SMILES string of the molecule is CCCCCn1c[n+](CCCCC)c2ccccc21.[Cl-]. The number of halogens is 1. The molecule has 1 aromatic carbocycles. The average Bonchev–Trinajstić information content (AvgIpc) is 2.79. The Kier molecular flexibility index (Phi) is 7.68. The number of unbranched alkanes of at least 4 members (excludes halogenated alkanes) is 4. The van der Waals surface area contributed by atoms with E-state index in [1.54, 1.807) is 0 Å². The summed E-state index contributed by atoms with van der Waals surface area (Å²) in [6, 6.07) is 8.79. The highest BCUT2D eigenvalue weighted by molar-refractivity contribution is 5.71. The normalized spacial score (nSPS) is 10.7. The molecule has 20 heavy (non-hydrogen) atoms. The Hall–Kier alpha value is -1.02. The van der Waals surface area contributed by atoms with E-state index in [1.165, 1.54) is 49.6 Å². The molecule has 2 rings (SSSR count). The van der Waals surface area contributed by atoms with Crippen LogP contribution in [-0.4, -0.2) is 4.57 Å². The molecule has 0 aliphatic heterocycles. The molecule has 3 heteroatoms. The Bertz CT molecular complexity index is 461. The van der Waals surface area contributed by atoms with Gasteiger partial charge in [0.2, 0.25) is 6.33 Å². The van der Waals surface area contributed by atoms with Crippen molar-refractivity contribution in [3.05, 3.63) is 30.6 Å². The van der Waals surface area contributed by atoms with Gasteiger partial charge in [0.15, 0.2) is 11.0 Å². The Morgan fingerprint density at radius 1 is 0.950 bits per heavy atom. The largest absolute Gasteiger partial charge is 1.00 e. The highest BCUT2D eigenvalue weighted by Crippen LogP contribution is 2.12. The van der Waals surface area contributed by atoms with Crippen molar-refractivity contribution in [2.45, 2.75) is 65.5 Å². The molecule has 1 aromatic heterocycles. The number of para-hydroxylation sites is 2. The Morgan fingerprint density at radius 3 is 2.40 bits per heavy atom. The standard InChI is InChI=1S/C17H27N2.ClH/c1-3-5-9-13-18-15-19(14-10-6-4-2)17-12-8-7-11-16(17)18;/h7-8,11-12,15H,3-6,9-10,13-14H2,1-2H3;1H/q+1;/p-1. The van der Waals surface area contributed by atoms with Crippen LogP contribution in [0.15, 0.2) is 30.6 Å². The summed E-state index contributed by atoms with van der Waals surface area (Å²) in [5.74, 6) is 0. The van der Waals surface area contributed by atoms with Gasteiger partial charge in [-0.1, -0.05) is 38.8 Å². The molecule has 112 valence electrons. The number of benzene rings is 1. The third-order valence-corrected chi connectivity index (χ3v) is 3.78. The van der Waals surface area contributed by atoms with Gasteiger partial charge in [-0.25, -0.2) is 9.13 Å². The molecule has 0 bridgehead atoms. The minimum absolute atomic E-state index is 0. The number of hydrogen-bond acceptors (Lipinski definition) is 0. The summed E-state index contributed by atoms with van der Waals surface area (Å²) >= 11 is 0. The summed E-state index contributed by atoms with van der Waals surface area (Å²) in [7, 11) is 0. The zero-order valence-corrected chi connectivity index (χ0v) is 13.6. The van der Waals surface area contributed by atoms with E-state index in [4.69, 9.17) is 0 Å². The van der Waals surface area contributed by atoms with Gasteiger partial charge in [-0.3, -0.25) is 0 Å². The summed E-state index contributed by atoms with van der Waals surface area (Å²) in [6.07, 6.45) is 10.1. The average molecular weight is 295 g/mol. The first kappa shape index (κ1) is 17.0. The van der Waals surface area contributed by atoms with Crippen LogP contribution in [0.3, 0.4) is 0 Å². The molecular weight excluding hydrogens is 268 g/mol. The zero-order chi connectivity index (χ0) is 13.5. The molecule has 0 unspecified atom stereocenters. The maximum Gasteiger partial charge on any atom is 0.244 e. The van der Waals surface area contributed by atoms with Gasteiger partial charge in [-0.05, 0) is 37.8 Å². The lowest BCUT2D eigenvalue weighted by molar-refractivity contribution is -0.672. The molecule has 2 nitrogen and oxygen atoms in total. The van der Waals surface area contributed by atoms with Crippen molar-refractivity contribution < 1.29 is 17.0 Å². The van der Waals surface area contributed by atoms with E-state index in [1.807, 2.05) is 0 Å². The van der Waals surface area contributed by atoms with Crippen LogP contribution in [0.5, 0.6) is 0 Å². The minimum Gasteiger partial charge on any atom is -1.00 e. The molecule has 1 heterocycles. The number of hydrogen-bond donors (Lipinski definition) is 0. The molecule has 0 fully saturated rings. The van der Waals surface area contributed by atoms with Crippen LogP contribution in [0, 0.1) is 0 Å². The van der Waals surface area contributed by atoms with E-state index in [9.17, 15) is 0 Å². The zero-order valence-electron chi connectivity index (χ0n) is 12.8. The van der Waals surface area contributed by atoms with E-state index in [-0.39, 0.29) is 12.4 Å². The van der Waals surface area contributed by atoms with Crippen molar-refractivity contribution in [1.82, 2.24) is 4.57 Å². The van der Waals surface area contributed by atoms with E-state index in [0.29, 0.717) is 0 Å². The molecule has 2 aromatic rings. The Labute approximate surface area is 129 Å². The van der Waals surface area contributed by atoms with Crippen molar-refractivity contribution >= 4 is 11.0 Å². The summed E-state index contributed by atoms with van der Waals surface area (Å²) < 4.78 is 4.86. The molecule has 0 amide bonds. The number of aryl methyl sites for hydroxylation is 2. The molecule has 0 N–H and O–H groups in total.